The van der Waals surface area contributed by atoms with Gasteiger partial charge in [-0.2, -0.15) is 0 Å². The van der Waals surface area contributed by atoms with Crippen molar-refractivity contribution in [2.45, 2.75) is 25.9 Å². The quantitative estimate of drug-likeness (QED) is 0.781. The monoisotopic (exact) mass is 200 g/mol. The Morgan fingerprint density at radius 3 is 2.64 bits per heavy atom. The minimum absolute atomic E-state index is 0.180. The molecule has 14 heavy (non-hydrogen) atoms. The Bertz CT molecular complexity index is 330. The minimum atomic E-state index is -1.24. The molecule has 1 N–H and O–H groups in total. The van der Waals surface area contributed by atoms with Gasteiger partial charge in [0.15, 0.2) is 0 Å². The van der Waals surface area contributed by atoms with Crippen LogP contribution in [0.15, 0.2) is 4.42 Å². The molecule has 0 saturated heterocycles. The molecule has 0 fully saturated rings. The molecule has 0 aliphatic heterocycles. The molecule has 6 nitrogen and oxygen atoms in total. The summed E-state index contributed by atoms with van der Waals surface area (Å²) in [6.45, 7) is 3.64. The molecule has 0 radical (unpaired) electrons. The molecule has 0 spiro atoms. The summed E-state index contributed by atoms with van der Waals surface area (Å²) in [5.41, 5.74) is -0.722. The van der Waals surface area contributed by atoms with E-state index in [0.717, 1.165) is 0 Å². The van der Waals surface area contributed by atoms with Gasteiger partial charge in [-0.15, -0.1) is 10.2 Å². The predicted molar refractivity (Wildman–Crippen MR) is 45.9 cm³/mol. The summed E-state index contributed by atoms with van der Waals surface area (Å²) in [6, 6.07) is 0. The molecule has 0 aliphatic carbocycles. The van der Waals surface area contributed by atoms with Crippen LogP contribution in [0.25, 0.3) is 0 Å². The van der Waals surface area contributed by atoms with Crippen LogP contribution in [0, 0.1) is 0 Å². The zero-order chi connectivity index (χ0) is 10.8. The zero-order valence-electron chi connectivity index (χ0n) is 8.27. The summed E-state index contributed by atoms with van der Waals surface area (Å²) in [5, 5.41) is 15.6. The normalized spacial score (nSPS) is 15.1. The summed E-state index contributed by atoms with van der Waals surface area (Å²) in [4.78, 5) is 10.5. The average Bonchev–Trinajstić information content (AvgIpc) is 2.66. The Morgan fingerprint density at radius 1 is 1.64 bits per heavy atom. The number of carboxylic acid groups (broad SMARTS) is 1. The van der Waals surface area contributed by atoms with E-state index in [4.69, 9.17) is 14.3 Å². The first-order chi connectivity index (χ1) is 6.53. The third-order valence-corrected chi connectivity index (χ3v) is 2.19. The Balaban J connectivity index is 3.01. The molecular weight excluding hydrogens is 188 g/mol. The summed E-state index contributed by atoms with van der Waals surface area (Å²) < 4.78 is 10.1. The Hall–Kier alpha value is -1.43. The molecule has 78 valence electrons. The Kier molecular flexibility index (Phi) is 2.85. The Morgan fingerprint density at radius 2 is 2.29 bits per heavy atom. The molecule has 0 aromatic carbocycles. The standard InChI is InChI=1S/C8H12N2O4/c1-4-8(2,13-3)7-10-9-5(14-7)6(11)12/h4H2,1-3H3,(H,11,12). The maximum atomic E-state index is 10.5. The predicted octanol–water partition coefficient (Wildman–Crippen LogP) is 1.04. The van der Waals surface area contributed by atoms with Gasteiger partial charge < -0.3 is 14.3 Å². The largest absolute Gasteiger partial charge is 0.474 e. The van der Waals surface area contributed by atoms with Gasteiger partial charge in [-0.25, -0.2) is 4.79 Å². The van der Waals surface area contributed by atoms with Gasteiger partial charge in [-0.3, -0.25) is 0 Å². The van der Waals surface area contributed by atoms with Gasteiger partial charge in [0, 0.05) is 7.11 Å². The van der Waals surface area contributed by atoms with Crippen LogP contribution >= 0.6 is 0 Å². The van der Waals surface area contributed by atoms with Gasteiger partial charge >= 0.3 is 11.9 Å². The highest BCUT2D eigenvalue weighted by atomic mass is 16.5. The second-order valence-corrected chi connectivity index (χ2v) is 3.01. The number of hydrogen-bond acceptors (Lipinski definition) is 5. The molecule has 1 aromatic heterocycles. The van der Waals surface area contributed by atoms with E-state index < -0.39 is 17.5 Å². The first-order valence-electron chi connectivity index (χ1n) is 4.16. The van der Waals surface area contributed by atoms with Gasteiger partial charge in [-0.05, 0) is 13.3 Å². The van der Waals surface area contributed by atoms with Crippen molar-refractivity contribution in [1.29, 1.82) is 0 Å². The van der Waals surface area contributed by atoms with Crippen LogP contribution in [0.2, 0.25) is 0 Å². The maximum Gasteiger partial charge on any atom is 0.393 e. The van der Waals surface area contributed by atoms with E-state index in [9.17, 15) is 4.79 Å². The number of carboxylic acids is 1. The van der Waals surface area contributed by atoms with Crippen molar-refractivity contribution < 1.29 is 19.1 Å². The van der Waals surface area contributed by atoms with E-state index in [0.29, 0.717) is 6.42 Å². The number of rotatable bonds is 4. The highest BCUT2D eigenvalue weighted by Gasteiger charge is 2.31. The van der Waals surface area contributed by atoms with Crippen LogP contribution in [0.3, 0.4) is 0 Å². The topological polar surface area (TPSA) is 85.5 Å². The fourth-order valence-corrected chi connectivity index (χ4v) is 0.906. The first kappa shape index (κ1) is 10.6. The van der Waals surface area contributed by atoms with E-state index in [2.05, 4.69) is 10.2 Å². The van der Waals surface area contributed by atoms with Crippen molar-refractivity contribution in [2.24, 2.45) is 0 Å². The average molecular weight is 200 g/mol. The molecule has 1 unspecified atom stereocenters. The number of aromatic carboxylic acids is 1. The molecule has 0 bridgehead atoms. The van der Waals surface area contributed by atoms with E-state index in [1.807, 2.05) is 6.92 Å². The number of aromatic nitrogens is 2. The fraction of sp³-hybridized carbons (Fsp3) is 0.625. The van der Waals surface area contributed by atoms with Gasteiger partial charge in [0.25, 0.3) is 0 Å². The lowest BCUT2D eigenvalue weighted by Crippen LogP contribution is -2.23. The lowest BCUT2D eigenvalue weighted by atomic mass is 10.0. The van der Waals surface area contributed by atoms with E-state index in [-0.39, 0.29) is 5.89 Å². The number of methoxy groups -OCH3 is 1. The third-order valence-electron chi connectivity index (χ3n) is 2.19. The molecule has 0 aliphatic rings. The van der Waals surface area contributed by atoms with Crippen LogP contribution < -0.4 is 0 Å². The van der Waals surface area contributed by atoms with Crippen LogP contribution in [0.4, 0.5) is 0 Å². The van der Waals surface area contributed by atoms with Crippen LogP contribution in [-0.4, -0.2) is 28.4 Å². The molecule has 1 atom stereocenters. The smallest absolute Gasteiger partial charge is 0.393 e. The molecule has 1 rings (SSSR count). The van der Waals surface area contributed by atoms with Crippen LogP contribution in [0.5, 0.6) is 0 Å². The number of ether oxygens (including phenoxy) is 1. The summed E-state index contributed by atoms with van der Waals surface area (Å²) in [7, 11) is 1.51. The third kappa shape index (κ3) is 1.74. The number of nitrogens with zero attached hydrogens (tertiary/aromatic N) is 2. The van der Waals surface area contributed by atoms with E-state index >= 15 is 0 Å². The summed E-state index contributed by atoms with van der Waals surface area (Å²) in [6.07, 6.45) is 0.616. The van der Waals surface area contributed by atoms with Crippen molar-refractivity contribution in [1.82, 2.24) is 10.2 Å². The lowest BCUT2D eigenvalue weighted by Gasteiger charge is -2.21. The fourth-order valence-electron chi connectivity index (χ4n) is 0.906. The van der Waals surface area contributed by atoms with E-state index in [1.165, 1.54) is 7.11 Å². The molecule has 0 saturated carbocycles. The minimum Gasteiger partial charge on any atom is -0.474 e. The molecule has 6 heteroatoms. The van der Waals surface area contributed by atoms with Gasteiger partial charge in [-0.1, -0.05) is 6.92 Å². The SMILES string of the molecule is CCC(C)(OC)c1nnc(C(=O)O)o1. The second-order valence-electron chi connectivity index (χ2n) is 3.01. The van der Waals surface area contributed by atoms with Crippen molar-refractivity contribution >= 4 is 5.97 Å². The summed E-state index contributed by atoms with van der Waals surface area (Å²) >= 11 is 0. The summed E-state index contributed by atoms with van der Waals surface area (Å²) in [5.74, 6) is -1.48. The first-order valence-corrected chi connectivity index (χ1v) is 4.16. The van der Waals surface area contributed by atoms with Crippen LogP contribution in [0.1, 0.15) is 36.8 Å². The van der Waals surface area contributed by atoms with Crippen molar-refractivity contribution in [3.8, 4) is 0 Å². The van der Waals surface area contributed by atoms with Gasteiger partial charge in [0.2, 0.25) is 5.89 Å². The highest BCUT2D eigenvalue weighted by molar-refractivity contribution is 5.81. The van der Waals surface area contributed by atoms with Crippen LogP contribution in [-0.2, 0) is 10.3 Å². The molecule has 1 aromatic rings. The maximum absolute atomic E-state index is 10.5. The van der Waals surface area contributed by atoms with E-state index in [1.54, 1.807) is 6.92 Å². The lowest BCUT2D eigenvalue weighted by molar-refractivity contribution is -0.0243. The van der Waals surface area contributed by atoms with Gasteiger partial charge in [0.05, 0.1) is 0 Å². The zero-order valence-corrected chi connectivity index (χ0v) is 8.27. The Labute approximate surface area is 80.9 Å². The molecular formula is C8H12N2O4. The van der Waals surface area contributed by atoms with Crippen molar-refractivity contribution in [3.63, 3.8) is 0 Å². The van der Waals surface area contributed by atoms with Crippen molar-refractivity contribution in [3.05, 3.63) is 11.8 Å². The highest BCUT2D eigenvalue weighted by Crippen LogP contribution is 2.26. The molecule has 0 amide bonds. The number of carbonyl (C=O) groups is 1. The molecule has 1 heterocycles. The van der Waals surface area contributed by atoms with Crippen molar-refractivity contribution in [2.75, 3.05) is 7.11 Å². The number of hydrogen-bond donors (Lipinski definition) is 1. The second kappa shape index (κ2) is 3.75. The van der Waals surface area contributed by atoms with Gasteiger partial charge in [0.1, 0.15) is 5.60 Å².